The van der Waals surface area contributed by atoms with Crippen molar-refractivity contribution in [1.82, 2.24) is 15.2 Å². The van der Waals surface area contributed by atoms with Crippen LogP contribution in [0.2, 0.25) is 0 Å². The Kier molecular flexibility index (Phi) is 4.52. The molecular weight excluding hydrogens is 294 g/mol. The zero-order valence-electron chi connectivity index (χ0n) is 12.5. The summed E-state index contributed by atoms with van der Waals surface area (Å²) in [6.07, 6.45) is 1.62. The minimum absolute atomic E-state index is 0.00989. The highest BCUT2D eigenvalue weighted by Gasteiger charge is 2.32. The summed E-state index contributed by atoms with van der Waals surface area (Å²) in [5.74, 6) is 0.192. The fraction of sp³-hybridized carbons (Fsp3) is 0.235. The number of pyridine rings is 1. The molecule has 118 valence electrons. The number of rotatable bonds is 5. The Balaban J connectivity index is 1.40. The van der Waals surface area contributed by atoms with Gasteiger partial charge in [-0.1, -0.05) is 24.3 Å². The van der Waals surface area contributed by atoms with Crippen LogP contribution in [0.3, 0.4) is 0 Å². The lowest BCUT2D eigenvalue weighted by molar-refractivity contribution is -0.138. The summed E-state index contributed by atoms with van der Waals surface area (Å²) >= 11 is 0. The van der Waals surface area contributed by atoms with Crippen LogP contribution in [0.15, 0.2) is 54.7 Å². The summed E-state index contributed by atoms with van der Waals surface area (Å²) in [5.41, 5.74) is 0.542. The number of ether oxygens (including phenoxy) is 1. The van der Waals surface area contributed by atoms with Gasteiger partial charge in [-0.25, -0.2) is 4.98 Å². The van der Waals surface area contributed by atoms with Crippen molar-refractivity contribution in [2.75, 3.05) is 19.6 Å². The lowest BCUT2D eigenvalue weighted by Crippen LogP contribution is -2.58. The number of nitrogens with one attached hydrogen (secondary N) is 1. The van der Waals surface area contributed by atoms with Crippen LogP contribution in [0.5, 0.6) is 5.88 Å². The van der Waals surface area contributed by atoms with E-state index in [-0.39, 0.29) is 24.5 Å². The molecule has 0 spiro atoms. The van der Waals surface area contributed by atoms with Crippen molar-refractivity contribution in [2.45, 2.75) is 6.10 Å². The first-order chi connectivity index (χ1) is 11.2. The maximum Gasteiger partial charge on any atom is 0.251 e. The first-order valence-electron chi connectivity index (χ1n) is 7.41. The van der Waals surface area contributed by atoms with Gasteiger partial charge in [0.1, 0.15) is 6.10 Å². The number of hydrogen-bond donors (Lipinski definition) is 1. The van der Waals surface area contributed by atoms with E-state index in [4.69, 9.17) is 4.74 Å². The third kappa shape index (κ3) is 3.85. The molecule has 1 aliphatic heterocycles. The van der Waals surface area contributed by atoms with Gasteiger partial charge >= 0.3 is 0 Å². The second-order valence-electron chi connectivity index (χ2n) is 5.26. The van der Waals surface area contributed by atoms with Crippen LogP contribution >= 0.6 is 0 Å². The summed E-state index contributed by atoms with van der Waals surface area (Å²) in [5, 5.41) is 2.63. The molecule has 0 bridgehead atoms. The van der Waals surface area contributed by atoms with E-state index in [1.165, 1.54) is 0 Å². The lowest BCUT2D eigenvalue weighted by atomic mass is 10.1. The van der Waals surface area contributed by atoms with Crippen LogP contribution in [0, 0.1) is 0 Å². The van der Waals surface area contributed by atoms with Crippen LogP contribution in [-0.2, 0) is 4.79 Å². The molecule has 1 N–H and O–H groups in total. The van der Waals surface area contributed by atoms with Gasteiger partial charge in [-0.3, -0.25) is 9.59 Å². The Hall–Kier alpha value is -2.89. The Labute approximate surface area is 134 Å². The average molecular weight is 311 g/mol. The Morgan fingerprint density at radius 1 is 1.13 bits per heavy atom. The molecule has 1 aromatic carbocycles. The minimum atomic E-state index is -0.249. The fourth-order valence-corrected chi connectivity index (χ4v) is 2.26. The molecule has 23 heavy (non-hydrogen) atoms. The molecule has 2 heterocycles. The van der Waals surface area contributed by atoms with Gasteiger partial charge in [0.05, 0.1) is 19.6 Å². The molecular formula is C17H17N3O3. The molecule has 1 aromatic heterocycles. The number of hydrogen-bond acceptors (Lipinski definition) is 4. The van der Waals surface area contributed by atoms with Gasteiger partial charge in [0.2, 0.25) is 11.8 Å². The largest absolute Gasteiger partial charge is 0.471 e. The number of amides is 2. The van der Waals surface area contributed by atoms with E-state index in [9.17, 15) is 9.59 Å². The summed E-state index contributed by atoms with van der Waals surface area (Å²) in [6.45, 7) is 1.01. The summed E-state index contributed by atoms with van der Waals surface area (Å²) in [6, 6.07) is 14.3. The third-order valence-corrected chi connectivity index (χ3v) is 3.56. The maximum absolute atomic E-state index is 12.0. The first kappa shape index (κ1) is 15.0. The number of carbonyl (C=O) groups excluding carboxylic acids is 2. The highest BCUT2D eigenvalue weighted by molar-refractivity contribution is 5.96. The van der Waals surface area contributed by atoms with Crippen molar-refractivity contribution in [3.05, 3.63) is 60.3 Å². The Bertz CT molecular complexity index is 670. The SMILES string of the molecule is O=C(NCC(=O)N1CC(Oc2ccccn2)C1)c1ccccc1. The second-order valence-corrected chi connectivity index (χ2v) is 5.26. The molecule has 3 rings (SSSR count). The normalized spacial score (nSPS) is 14.0. The van der Waals surface area contributed by atoms with Crippen molar-refractivity contribution in [1.29, 1.82) is 0 Å². The quantitative estimate of drug-likeness (QED) is 0.897. The van der Waals surface area contributed by atoms with E-state index in [1.54, 1.807) is 41.4 Å². The molecule has 1 aliphatic rings. The lowest BCUT2D eigenvalue weighted by Gasteiger charge is -2.38. The average Bonchev–Trinajstić information content (AvgIpc) is 2.57. The van der Waals surface area contributed by atoms with Crippen LogP contribution in [0.25, 0.3) is 0 Å². The molecule has 1 fully saturated rings. The molecule has 6 nitrogen and oxygen atoms in total. The van der Waals surface area contributed by atoms with Gasteiger partial charge in [-0.2, -0.15) is 0 Å². The molecule has 2 amide bonds. The van der Waals surface area contributed by atoms with Crippen molar-refractivity contribution >= 4 is 11.8 Å². The molecule has 0 atom stereocenters. The van der Waals surface area contributed by atoms with E-state index in [0.29, 0.717) is 24.5 Å². The van der Waals surface area contributed by atoms with Crippen molar-refractivity contribution in [3.63, 3.8) is 0 Å². The summed E-state index contributed by atoms with van der Waals surface area (Å²) < 4.78 is 5.63. The van der Waals surface area contributed by atoms with Gasteiger partial charge < -0.3 is 15.0 Å². The molecule has 2 aromatic rings. The molecule has 0 aliphatic carbocycles. The van der Waals surface area contributed by atoms with Gasteiger partial charge in [0.25, 0.3) is 5.91 Å². The van der Waals surface area contributed by atoms with E-state index in [1.807, 2.05) is 18.2 Å². The van der Waals surface area contributed by atoms with Crippen molar-refractivity contribution in [3.8, 4) is 5.88 Å². The van der Waals surface area contributed by atoms with Crippen LogP contribution in [-0.4, -0.2) is 47.4 Å². The number of aromatic nitrogens is 1. The van der Waals surface area contributed by atoms with Gasteiger partial charge in [0, 0.05) is 17.8 Å². The molecule has 0 radical (unpaired) electrons. The molecule has 1 saturated heterocycles. The highest BCUT2D eigenvalue weighted by atomic mass is 16.5. The van der Waals surface area contributed by atoms with E-state index >= 15 is 0 Å². The second kappa shape index (κ2) is 6.91. The predicted octanol–water partition coefficient (Wildman–Crippen LogP) is 1.10. The van der Waals surface area contributed by atoms with Crippen LogP contribution < -0.4 is 10.1 Å². The Morgan fingerprint density at radius 2 is 1.87 bits per heavy atom. The molecule has 0 saturated carbocycles. The third-order valence-electron chi connectivity index (χ3n) is 3.56. The monoisotopic (exact) mass is 311 g/mol. The number of carbonyl (C=O) groups is 2. The van der Waals surface area contributed by atoms with Crippen LogP contribution in [0.1, 0.15) is 10.4 Å². The predicted molar refractivity (Wildman–Crippen MR) is 84.0 cm³/mol. The molecule has 6 heteroatoms. The smallest absolute Gasteiger partial charge is 0.251 e. The minimum Gasteiger partial charge on any atom is -0.471 e. The fourth-order valence-electron chi connectivity index (χ4n) is 2.26. The standard InChI is InChI=1S/C17H17N3O3/c21-16(10-19-17(22)13-6-2-1-3-7-13)20-11-14(12-20)23-15-8-4-5-9-18-15/h1-9,14H,10-12H2,(H,19,22). The number of nitrogens with zero attached hydrogens (tertiary/aromatic N) is 2. The van der Waals surface area contributed by atoms with E-state index in [2.05, 4.69) is 10.3 Å². The van der Waals surface area contributed by atoms with E-state index in [0.717, 1.165) is 0 Å². The topological polar surface area (TPSA) is 71.5 Å². The van der Waals surface area contributed by atoms with Crippen LogP contribution in [0.4, 0.5) is 0 Å². The van der Waals surface area contributed by atoms with Gasteiger partial charge in [-0.05, 0) is 18.2 Å². The van der Waals surface area contributed by atoms with E-state index < -0.39 is 0 Å². The van der Waals surface area contributed by atoms with Gasteiger partial charge in [-0.15, -0.1) is 0 Å². The Morgan fingerprint density at radius 3 is 2.57 bits per heavy atom. The van der Waals surface area contributed by atoms with Crippen molar-refractivity contribution in [2.24, 2.45) is 0 Å². The zero-order chi connectivity index (χ0) is 16.1. The highest BCUT2D eigenvalue weighted by Crippen LogP contribution is 2.15. The zero-order valence-corrected chi connectivity index (χ0v) is 12.5. The molecule has 0 unspecified atom stereocenters. The number of likely N-dealkylation sites (tertiary alicyclic amines) is 1. The van der Waals surface area contributed by atoms with Crippen molar-refractivity contribution < 1.29 is 14.3 Å². The first-order valence-corrected chi connectivity index (χ1v) is 7.41. The van der Waals surface area contributed by atoms with Gasteiger partial charge in [0.15, 0.2) is 0 Å². The summed E-state index contributed by atoms with van der Waals surface area (Å²) in [7, 11) is 0. The maximum atomic E-state index is 12.0. The number of benzene rings is 1. The summed E-state index contributed by atoms with van der Waals surface area (Å²) in [4.78, 5) is 29.6.